The zero-order chi connectivity index (χ0) is 18.1. The van der Waals surface area contributed by atoms with E-state index in [4.69, 9.17) is 4.74 Å². The summed E-state index contributed by atoms with van der Waals surface area (Å²) in [4.78, 5) is 40.9. The van der Waals surface area contributed by atoms with Crippen molar-refractivity contribution in [3.63, 3.8) is 0 Å². The third kappa shape index (κ3) is 3.18. The molecule has 0 aromatic heterocycles. The summed E-state index contributed by atoms with van der Waals surface area (Å²) >= 11 is 0. The van der Waals surface area contributed by atoms with Crippen LogP contribution < -0.4 is 10.2 Å². The number of anilines is 1. The van der Waals surface area contributed by atoms with E-state index in [0.717, 1.165) is 24.2 Å². The second-order valence-corrected chi connectivity index (χ2v) is 6.84. The number of fused-ring (bicyclic) bond motifs is 1. The van der Waals surface area contributed by atoms with Crippen molar-refractivity contribution in [2.45, 2.75) is 25.4 Å². The first kappa shape index (κ1) is 16.7. The van der Waals surface area contributed by atoms with Crippen molar-refractivity contribution >= 4 is 23.7 Å². The maximum atomic E-state index is 12.4. The smallest absolute Gasteiger partial charge is 0.410 e. The Bertz CT molecular complexity index is 720. The van der Waals surface area contributed by atoms with Gasteiger partial charge in [-0.15, -0.1) is 0 Å². The minimum atomic E-state index is -0.286. The number of cyclic esters (lactones) is 1. The van der Waals surface area contributed by atoms with Crippen molar-refractivity contribution in [3.8, 4) is 0 Å². The van der Waals surface area contributed by atoms with Crippen LogP contribution in [-0.2, 0) is 16.1 Å². The van der Waals surface area contributed by atoms with Gasteiger partial charge in [-0.3, -0.25) is 9.69 Å². The molecule has 0 radical (unpaired) electrons. The molecule has 3 saturated heterocycles. The summed E-state index contributed by atoms with van der Waals surface area (Å²) in [5, 5.41) is 2.92. The zero-order valence-electron chi connectivity index (χ0n) is 14.5. The van der Waals surface area contributed by atoms with Gasteiger partial charge >= 0.3 is 12.1 Å². The van der Waals surface area contributed by atoms with Gasteiger partial charge in [0.25, 0.3) is 0 Å². The summed E-state index contributed by atoms with van der Waals surface area (Å²) in [6, 6.07) is 7.53. The summed E-state index contributed by atoms with van der Waals surface area (Å²) in [7, 11) is 0. The van der Waals surface area contributed by atoms with Crippen LogP contribution in [-0.4, -0.2) is 66.7 Å². The average molecular weight is 358 g/mol. The van der Waals surface area contributed by atoms with E-state index in [-0.39, 0.29) is 24.1 Å². The number of ether oxygens (including phenoxy) is 1. The highest BCUT2D eigenvalue weighted by Crippen LogP contribution is 2.22. The molecule has 1 aromatic carbocycles. The Balaban J connectivity index is 1.29. The molecule has 4 amide bonds. The Morgan fingerprint density at radius 3 is 2.69 bits per heavy atom. The Hall–Kier alpha value is -2.77. The van der Waals surface area contributed by atoms with Crippen LogP contribution in [0.5, 0.6) is 0 Å². The van der Waals surface area contributed by atoms with E-state index in [1.54, 1.807) is 14.7 Å². The molecule has 3 aliphatic heterocycles. The van der Waals surface area contributed by atoms with Crippen molar-refractivity contribution in [2.75, 3.05) is 37.7 Å². The minimum absolute atomic E-state index is 0.0423. The predicted molar refractivity (Wildman–Crippen MR) is 93.7 cm³/mol. The lowest BCUT2D eigenvalue weighted by atomic mass is 10.2. The Labute approximate surface area is 151 Å². The number of carbonyl (C=O) groups excluding carboxylic acids is 3. The molecule has 0 aliphatic carbocycles. The number of carbonyl (C=O) groups is 3. The molecule has 0 unspecified atom stereocenters. The molecular weight excluding hydrogens is 336 g/mol. The van der Waals surface area contributed by atoms with Gasteiger partial charge in [0.15, 0.2) is 0 Å². The summed E-state index contributed by atoms with van der Waals surface area (Å²) in [6.07, 6.45) is 1.23. The number of piperazine rings is 1. The minimum Gasteiger partial charge on any atom is -0.447 e. The highest BCUT2D eigenvalue weighted by atomic mass is 16.6. The van der Waals surface area contributed by atoms with Crippen LogP contribution in [0.25, 0.3) is 0 Å². The predicted octanol–water partition coefficient (Wildman–Crippen LogP) is 1.16. The van der Waals surface area contributed by atoms with Crippen LogP contribution >= 0.6 is 0 Å². The zero-order valence-corrected chi connectivity index (χ0v) is 14.5. The molecule has 4 rings (SSSR count). The van der Waals surface area contributed by atoms with E-state index in [2.05, 4.69) is 5.32 Å². The number of hydrogen-bond donors (Lipinski definition) is 1. The molecule has 1 atom stereocenters. The lowest BCUT2D eigenvalue weighted by molar-refractivity contribution is -0.117. The first-order chi connectivity index (χ1) is 12.6. The maximum Gasteiger partial charge on any atom is 0.410 e. The van der Waals surface area contributed by atoms with Crippen LogP contribution in [0.2, 0.25) is 0 Å². The van der Waals surface area contributed by atoms with Crippen molar-refractivity contribution in [3.05, 3.63) is 29.8 Å². The highest BCUT2D eigenvalue weighted by Gasteiger charge is 2.38. The molecule has 3 fully saturated rings. The summed E-state index contributed by atoms with van der Waals surface area (Å²) < 4.78 is 5.02. The van der Waals surface area contributed by atoms with Gasteiger partial charge in [0.2, 0.25) is 5.91 Å². The van der Waals surface area contributed by atoms with Crippen LogP contribution in [0.15, 0.2) is 24.3 Å². The third-order valence-corrected chi connectivity index (χ3v) is 5.17. The topological polar surface area (TPSA) is 82.2 Å². The number of nitrogens with one attached hydrogen (secondary N) is 1. The first-order valence-corrected chi connectivity index (χ1v) is 8.97. The number of amides is 4. The van der Waals surface area contributed by atoms with Gasteiger partial charge in [-0.05, 0) is 24.1 Å². The SMILES string of the molecule is O=C(NCc1ccc(N2CCCC2=O)cc1)N1CCN2C(=O)OC[C@H]2C1. The van der Waals surface area contributed by atoms with Crippen LogP contribution in [0.3, 0.4) is 0 Å². The van der Waals surface area contributed by atoms with Crippen molar-refractivity contribution in [1.82, 2.24) is 15.1 Å². The van der Waals surface area contributed by atoms with Crippen molar-refractivity contribution in [1.29, 1.82) is 0 Å². The van der Waals surface area contributed by atoms with E-state index in [0.29, 0.717) is 39.2 Å². The molecule has 8 heteroatoms. The molecule has 0 spiro atoms. The first-order valence-electron chi connectivity index (χ1n) is 8.97. The maximum absolute atomic E-state index is 12.4. The van der Waals surface area contributed by atoms with E-state index in [1.165, 1.54) is 0 Å². The van der Waals surface area contributed by atoms with Gasteiger partial charge < -0.3 is 19.9 Å². The number of urea groups is 1. The van der Waals surface area contributed by atoms with E-state index in [9.17, 15) is 14.4 Å². The van der Waals surface area contributed by atoms with Gasteiger partial charge in [0.1, 0.15) is 6.61 Å². The van der Waals surface area contributed by atoms with E-state index in [1.807, 2.05) is 24.3 Å². The molecule has 26 heavy (non-hydrogen) atoms. The molecular formula is C18H22N4O4. The molecule has 3 aliphatic rings. The lowest BCUT2D eigenvalue weighted by Crippen LogP contribution is -2.55. The average Bonchev–Trinajstić information content (AvgIpc) is 3.26. The molecule has 138 valence electrons. The second kappa shape index (κ2) is 6.86. The number of hydrogen-bond acceptors (Lipinski definition) is 4. The Kier molecular flexibility index (Phi) is 4.40. The van der Waals surface area contributed by atoms with Crippen LogP contribution in [0.1, 0.15) is 18.4 Å². The fourth-order valence-electron chi connectivity index (χ4n) is 3.68. The monoisotopic (exact) mass is 358 g/mol. The lowest BCUT2D eigenvalue weighted by Gasteiger charge is -2.35. The Morgan fingerprint density at radius 1 is 1.15 bits per heavy atom. The molecule has 8 nitrogen and oxygen atoms in total. The largest absolute Gasteiger partial charge is 0.447 e. The summed E-state index contributed by atoms with van der Waals surface area (Å²) in [5.74, 6) is 0.166. The van der Waals surface area contributed by atoms with Crippen molar-refractivity contribution in [2.24, 2.45) is 0 Å². The summed E-state index contributed by atoms with van der Waals surface area (Å²) in [6.45, 7) is 3.05. The normalized spacial score (nSPS) is 22.5. The standard InChI is InChI=1S/C18H22N4O4/c23-16-2-1-7-21(16)14-5-3-13(4-6-14)10-19-17(24)20-8-9-22-15(11-20)12-26-18(22)25/h3-6,15H,1-2,7-12H2,(H,19,24)/t15-/m1/s1. The Morgan fingerprint density at radius 2 is 1.96 bits per heavy atom. The van der Waals surface area contributed by atoms with Gasteiger partial charge in [0, 0.05) is 44.8 Å². The molecule has 1 N–H and O–H groups in total. The number of nitrogens with zero attached hydrogens (tertiary/aromatic N) is 3. The van der Waals surface area contributed by atoms with Gasteiger partial charge in [0.05, 0.1) is 6.04 Å². The highest BCUT2D eigenvalue weighted by molar-refractivity contribution is 5.95. The van der Waals surface area contributed by atoms with Crippen molar-refractivity contribution < 1.29 is 19.1 Å². The fraction of sp³-hybridized carbons (Fsp3) is 0.500. The van der Waals surface area contributed by atoms with Crippen LogP contribution in [0, 0.1) is 0 Å². The fourth-order valence-corrected chi connectivity index (χ4v) is 3.68. The molecule has 3 heterocycles. The quantitative estimate of drug-likeness (QED) is 0.879. The van der Waals surface area contributed by atoms with E-state index < -0.39 is 0 Å². The third-order valence-electron chi connectivity index (χ3n) is 5.17. The molecule has 0 bridgehead atoms. The molecule has 0 saturated carbocycles. The molecule has 1 aromatic rings. The second-order valence-electron chi connectivity index (χ2n) is 6.84. The van der Waals surface area contributed by atoms with Crippen LogP contribution in [0.4, 0.5) is 15.3 Å². The number of benzene rings is 1. The van der Waals surface area contributed by atoms with Gasteiger partial charge in [-0.25, -0.2) is 9.59 Å². The van der Waals surface area contributed by atoms with Gasteiger partial charge in [-0.1, -0.05) is 12.1 Å². The summed E-state index contributed by atoms with van der Waals surface area (Å²) in [5.41, 5.74) is 1.89. The number of rotatable bonds is 3. The van der Waals surface area contributed by atoms with E-state index >= 15 is 0 Å². The van der Waals surface area contributed by atoms with Gasteiger partial charge in [-0.2, -0.15) is 0 Å².